The van der Waals surface area contributed by atoms with Crippen LogP contribution in [0.1, 0.15) is 19.4 Å². The Morgan fingerprint density at radius 2 is 2.20 bits per heavy atom. The third kappa shape index (κ3) is 3.07. The van der Waals surface area contributed by atoms with Crippen LogP contribution in [0, 0.1) is 11.3 Å². The van der Waals surface area contributed by atoms with E-state index in [9.17, 15) is 4.79 Å². The molecule has 0 saturated carbocycles. The Bertz CT molecular complexity index is 421. The van der Waals surface area contributed by atoms with E-state index in [1.54, 1.807) is 32.0 Å². The van der Waals surface area contributed by atoms with Crippen LogP contribution in [0.15, 0.2) is 22.7 Å². The second-order valence-corrected chi connectivity index (χ2v) is 4.49. The van der Waals surface area contributed by atoms with Crippen molar-refractivity contribution in [3.8, 4) is 11.8 Å². The molecule has 0 fully saturated rings. The van der Waals surface area contributed by atoms with Crippen LogP contribution in [0.3, 0.4) is 0 Å². The number of ether oxygens (including phenoxy) is 1. The van der Waals surface area contributed by atoms with Gasteiger partial charge in [-0.1, -0.05) is 15.9 Å². The second kappa shape index (κ2) is 4.45. The zero-order valence-electron chi connectivity index (χ0n) is 8.45. The molecule has 0 amide bonds. The Hall–Kier alpha value is -1.34. The summed E-state index contributed by atoms with van der Waals surface area (Å²) in [7, 11) is 0. The quantitative estimate of drug-likeness (QED) is 0.792. The van der Waals surface area contributed by atoms with Crippen LogP contribution in [0.5, 0.6) is 5.75 Å². The zero-order chi connectivity index (χ0) is 11.5. The van der Waals surface area contributed by atoms with E-state index in [-0.39, 0.29) is 0 Å². The van der Waals surface area contributed by atoms with E-state index in [1.807, 2.05) is 6.07 Å². The van der Waals surface area contributed by atoms with Gasteiger partial charge in [-0.3, -0.25) is 4.79 Å². The molecule has 0 bridgehead atoms. The van der Waals surface area contributed by atoms with Crippen LogP contribution in [0.4, 0.5) is 0 Å². The van der Waals surface area contributed by atoms with Gasteiger partial charge in [0.25, 0.3) is 0 Å². The summed E-state index contributed by atoms with van der Waals surface area (Å²) in [6.07, 6.45) is 0.703. The Balaban J connectivity index is 3.09. The molecule has 1 rings (SSSR count). The standard InChI is InChI=1S/C11H10BrNO2/c1-11(2,7-14)15-10-5-9(12)4-3-8(10)6-13/h3-5,7H,1-2H3. The minimum absolute atomic E-state index is 0.406. The van der Waals surface area contributed by atoms with E-state index >= 15 is 0 Å². The lowest BCUT2D eigenvalue weighted by molar-refractivity contribution is -0.119. The summed E-state index contributed by atoms with van der Waals surface area (Å²) in [5, 5.41) is 8.85. The molecule has 0 heterocycles. The molecule has 0 aliphatic rings. The number of halogens is 1. The van der Waals surface area contributed by atoms with Gasteiger partial charge in [0.05, 0.1) is 5.56 Å². The van der Waals surface area contributed by atoms with E-state index < -0.39 is 5.60 Å². The zero-order valence-corrected chi connectivity index (χ0v) is 10.0. The minimum atomic E-state index is -0.924. The van der Waals surface area contributed by atoms with Crippen LogP contribution in [0.2, 0.25) is 0 Å². The topological polar surface area (TPSA) is 50.1 Å². The van der Waals surface area contributed by atoms with Gasteiger partial charge >= 0.3 is 0 Å². The molecule has 0 N–H and O–H groups in total. The van der Waals surface area contributed by atoms with Crippen molar-refractivity contribution in [2.75, 3.05) is 0 Å². The number of rotatable bonds is 3. The van der Waals surface area contributed by atoms with Crippen molar-refractivity contribution >= 4 is 22.2 Å². The third-order valence-corrected chi connectivity index (χ3v) is 2.21. The first-order chi connectivity index (χ1) is 6.98. The molecular weight excluding hydrogens is 258 g/mol. The number of carbonyl (C=O) groups is 1. The lowest BCUT2D eigenvalue weighted by Gasteiger charge is -2.20. The first kappa shape index (κ1) is 11.7. The highest BCUT2D eigenvalue weighted by atomic mass is 79.9. The predicted molar refractivity (Wildman–Crippen MR) is 59.6 cm³/mol. The van der Waals surface area contributed by atoms with Gasteiger partial charge in [0.1, 0.15) is 11.8 Å². The summed E-state index contributed by atoms with van der Waals surface area (Å²) in [5.74, 6) is 0.406. The summed E-state index contributed by atoms with van der Waals surface area (Å²) in [6.45, 7) is 3.28. The lowest BCUT2D eigenvalue weighted by atomic mass is 10.1. The molecule has 0 spiro atoms. The van der Waals surface area contributed by atoms with Crippen molar-refractivity contribution in [1.29, 1.82) is 5.26 Å². The monoisotopic (exact) mass is 267 g/mol. The fraction of sp³-hybridized carbons (Fsp3) is 0.273. The maximum Gasteiger partial charge on any atom is 0.162 e. The average Bonchev–Trinajstić information content (AvgIpc) is 2.18. The van der Waals surface area contributed by atoms with Crippen LogP contribution >= 0.6 is 15.9 Å². The number of hydrogen-bond acceptors (Lipinski definition) is 3. The number of nitriles is 1. The predicted octanol–water partition coefficient (Wildman–Crippen LogP) is 2.68. The Morgan fingerprint density at radius 3 is 2.73 bits per heavy atom. The molecule has 0 aliphatic heterocycles. The summed E-state index contributed by atoms with van der Waals surface area (Å²) in [4.78, 5) is 10.7. The molecule has 1 aromatic rings. The van der Waals surface area contributed by atoms with Gasteiger partial charge in [0.15, 0.2) is 11.9 Å². The smallest absolute Gasteiger partial charge is 0.162 e. The first-order valence-corrected chi connectivity index (χ1v) is 5.13. The van der Waals surface area contributed by atoms with Crippen LogP contribution in [-0.4, -0.2) is 11.9 Å². The van der Waals surface area contributed by atoms with Crippen molar-refractivity contribution in [1.82, 2.24) is 0 Å². The average molecular weight is 268 g/mol. The van der Waals surface area contributed by atoms with Gasteiger partial charge < -0.3 is 4.74 Å². The van der Waals surface area contributed by atoms with Gasteiger partial charge in [0.2, 0.25) is 0 Å². The maximum absolute atomic E-state index is 10.7. The lowest BCUT2D eigenvalue weighted by Crippen LogP contribution is -2.30. The van der Waals surface area contributed by atoms with Gasteiger partial charge in [-0.05, 0) is 32.0 Å². The van der Waals surface area contributed by atoms with Crippen LogP contribution in [-0.2, 0) is 4.79 Å². The number of carbonyl (C=O) groups excluding carboxylic acids is 1. The number of nitrogens with zero attached hydrogens (tertiary/aromatic N) is 1. The highest BCUT2D eigenvalue weighted by Crippen LogP contribution is 2.26. The molecule has 0 saturated heterocycles. The van der Waals surface area contributed by atoms with Crippen molar-refractivity contribution in [2.45, 2.75) is 19.4 Å². The fourth-order valence-electron chi connectivity index (χ4n) is 0.980. The van der Waals surface area contributed by atoms with E-state index in [0.29, 0.717) is 17.6 Å². The molecule has 1 aromatic carbocycles. The molecule has 4 heteroatoms. The fourth-order valence-corrected chi connectivity index (χ4v) is 1.32. The molecule has 0 unspecified atom stereocenters. The maximum atomic E-state index is 10.7. The van der Waals surface area contributed by atoms with Gasteiger partial charge in [-0.25, -0.2) is 0 Å². The molecule has 0 radical (unpaired) electrons. The van der Waals surface area contributed by atoms with Crippen LogP contribution < -0.4 is 4.74 Å². The highest BCUT2D eigenvalue weighted by Gasteiger charge is 2.20. The Kier molecular flexibility index (Phi) is 3.48. The van der Waals surface area contributed by atoms with Gasteiger partial charge in [-0.15, -0.1) is 0 Å². The summed E-state index contributed by atoms with van der Waals surface area (Å²) in [5.41, 5.74) is -0.514. The number of benzene rings is 1. The molecule has 78 valence electrons. The third-order valence-electron chi connectivity index (χ3n) is 1.72. The van der Waals surface area contributed by atoms with Crippen molar-refractivity contribution in [2.24, 2.45) is 0 Å². The van der Waals surface area contributed by atoms with E-state index in [2.05, 4.69) is 15.9 Å². The minimum Gasteiger partial charge on any atom is -0.479 e. The highest BCUT2D eigenvalue weighted by molar-refractivity contribution is 9.10. The first-order valence-electron chi connectivity index (χ1n) is 4.33. The normalized spacial score (nSPS) is 10.5. The number of hydrogen-bond donors (Lipinski definition) is 0. The molecule has 0 atom stereocenters. The van der Waals surface area contributed by atoms with Gasteiger partial charge in [-0.2, -0.15) is 5.26 Å². The summed E-state index contributed by atoms with van der Waals surface area (Å²) in [6, 6.07) is 7.07. The SMILES string of the molecule is CC(C)(C=O)Oc1cc(Br)ccc1C#N. The van der Waals surface area contributed by atoms with E-state index in [1.165, 1.54) is 0 Å². The van der Waals surface area contributed by atoms with E-state index in [0.717, 1.165) is 4.47 Å². The summed E-state index contributed by atoms with van der Waals surface area (Å²) < 4.78 is 6.24. The van der Waals surface area contributed by atoms with Crippen molar-refractivity contribution in [3.63, 3.8) is 0 Å². The van der Waals surface area contributed by atoms with E-state index in [4.69, 9.17) is 10.00 Å². The number of aldehydes is 1. The molecular formula is C11H10BrNO2. The Labute approximate surface area is 96.8 Å². The largest absolute Gasteiger partial charge is 0.479 e. The van der Waals surface area contributed by atoms with Crippen LogP contribution in [0.25, 0.3) is 0 Å². The molecule has 15 heavy (non-hydrogen) atoms. The van der Waals surface area contributed by atoms with Crippen molar-refractivity contribution < 1.29 is 9.53 Å². The van der Waals surface area contributed by atoms with Crippen molar-refractivity contribution in [3.05, 3.63) is 28.2 Å². The molecule has 0 aromatic heterocycles. The molecule has 0 aliphatic carbocycles. The molecule has 3 nitrogen and oxygen atoms in total. The Morgan fingerprint density at radius 1 is 1.53 bits per heavy atom. The van der Waals surface area contributed by atoms with Gasteiger partial charge in [0, 0.05) is 4.47 Å². The second-order valence-electron chi connectivity index (χ2n) is 3.58. The summed E-state index contributed by atoms with van der Waals surface area (Å²) >= 11 is 3.28.